The third-order valence-corrected chi connectivity index (χ3v) is 8.75. The van der Waals surface area contributed by atoms with Crippen molar-refractivity contribution in [1.29, 1.82) is 0 Å². The molecule has 0 radical (unpaired) electrons. The van der Waals surface area contributed by atoms with Gasteiger partial charge in [-0.25, -0.2) is 18.5 Å². The maximum atomic E-state index is 15.8. The summed E-state index contributed by atoms with van der Waals surface area (Å²) in [4.78, 5) is 64.4. The van der Waals surface area contributed by atoms with Crippen molar-refractivity contribution in [3.63, 3.8) is 0 Å². The normalized spacial score (nSPS) is 29.9. The van der Waals surface area contributed by atoms with Crippen molar-refractivity contribution >= 4 is 7.82 Å². The van der Waals surface area contributed by atoms with Gasteiger partial charge in [0.05, 0.1) is 18.8 Å². The van der Waals surface area contributed by atoms with E-state index in [1.807, 2.05) is 0 Å². The zero-order chi connectivity index (χ0) is 33.1. The topological polar surface area (TPSA) is 206 Å². The maximum absolute atomic E-state index is 15.8. The number of ether oxygens (including phenoxy) is 4. The number of alkyl halides is 1. The van der Waals surface area contributed by atoms with E-state index >= 15 is 4.39 Å². The number of nitrogens with one attached hydrogen (secondary N) is 2. The average molecular weight is 664 g/mol. The van der Waals surface area contributed by atoms with Crippen LogP contribution in [-0.4, -0.2) is 107 Å². The largest absolute Gasteiger partial charge is 0.472 e. The number of aromatic nitrogens is 4. The molecule has 0 amide bonds. The molecule has 4 heterocycles. The van der Waals surface area contributed by atoms with Crippen LogP contribution in [0.5, 0.6) is 0 Å². The van der Waals surface area contributed by atoms with Gasteiger partial charge in [0.25, 0.3) is 11.1 Å². The fraction of sp³-hybridized carbons (Fsp3) is 0.692. The van der Waals surface area contributed by atoms with E-state index in [0.29, 0.717) is 0 Å². The summed E-state index contributed by atoms with van der Waals surface area (Å²) in [5, 5.41) is 0. The van der Waals surface area contributed by atoms with Crippen LogP contribution in [0.25, 0.3) is 0 Å². The monoisotopic (exact) mass is 663 g/mol. The van der Waals surface area contributed by atoms with Crippen molar-refractivity contribution in [2.45, 2.75) is 69.4 Å². The van der Waals surface area contributed by atoms with Crippen LogP contribution in [-0.2, 0) is 32.6 Å². The molecule has 19 heteroatoms. The number of hydrogen-bond acceptors (Lipinski definition) is 12. The summed E-state index contributed by atoms with van der Waals surface area (Å²) in [5.41, 5.74) is -2.84. The lowest BCUT2D eigenvalue weighted by Gasteiger charge is -2.28. The highest BCUT2D eigenvalue weighted by Crippen LogP contribution is 2.49. The van der Waals surface area contributed by atoms with E-state index in [0.717, 1.165) is 21.3 Å². The van der Waals surface area contributed by atoms with Crippen LogP contribution in [0, 0.1) is 5.92 Å². The molecule has 2 aliphatic rings. The fourth-order valence-corrected chi connectivity index (χ4v) is 6.73. The lowest BCUT2D eigenvalue weighted by atomic mass is 9.95. The first-order chi connectivity index (χ1) is 21.2. The molecule has 2 saturated heterocycles. The number of rotatable bonds is 14. The second kappa shape index (κ2) is 14.7. The van der Waals surface area contributed by atoms with Crippen molar-refractivity contribution in [1.82, 2.24) is 24.0 Å². The molecular weight excluding hydrogens is 624 g/mol. The third-order valence-electron chi connectivity index (χ3n) is 7.55. The summed E-state index contributed by atoms with van der Waals surface area (Å²) in [5.74, 6) is -0.705. The Morgan fingerprint density at radius 3 is 2.11 bits per heavy atom. The third kappa shape index (κ3) is 8.33. The van der Waals surface area contributed by atoms with E-state index in [1.54, 1.807) is 25.8 Å². The van der Waals surface area contributed by atoms with Crippen LogP contribution < -0.4 is 22.5 Å². The summed E-state index contributed by atoms with van der Waals surface area (Å²) in [6.45, 7) is 3.51. The van der Waals surface area contributed by atoms with Crippen LogP contribution in [0.1, 0.15) is 32.7 Å². The highest BCUT2D eigenvalue weighted by molar-refractivity contribution is 7.47. The van der Waals surface area contributed by atoms with Crippen LogP contribution in [0.4, 0.5) is 4.39 Å². The van der Waals surface area contributed by atoms with Gasteiger partial charge < -0.3 is 28.7 Å². The number of likely N-dealkylation sites (N-methyl/N-ethyl adjacent to an activating group) is 1. The van der Waals surface area contributed by atoms with Crippen LogP contribution in [0.3, 0.4) is 0 Å². The van der Waals surface area contributed by atoms with E-state index in [-0.39, 0.29) is 26.1 Å². The minimum atomic E-state index is -4.62. The fourth-order valence-electron chi connectivity index (χ4n) is 5.59. The quantitative estimate of drug-likeness (QED) is 0.223. The van der Waals surface area contributed by atoms with Crippen LogP contribution >= 0.6 is 7.82 Å². The predicted molar refractivity (Wildman–Crippen MR) is 155 cm³/mol. The Morgan fingerprint density at radius 1 is 1.00 bits per heavy atom. The molecule has 2 fully saturated rings. The van der Waals surface area contributed by atoms with Gasteiger partial charge >= 0.3 is 19.2 Å². The molecule has 17 nitrogen and oxygen atoms in total. The molecule has 0 aliphatic carbocycles. The Bertz CT molecular complexity index is 1580. The van der Waals surface area contributed by atoms with E-state index in [1.165, 1.54) is 26.6 Å². The van der Waals surface area contributed by atoms with Gasteiger partial charge in [-0.05, 0) is 33.9 Å². The number of hydrogen-bond donors (Lipinski definition) is 3. The number of phosphoric acid groups is 1. The maximum Gasteiger partial charge on any atom is 0.472 e. The molecule has 1 unspecified atom stereocenters. The molecule has 0 saturated carbocycles. The summed E-state index contributed by atoms with van der Waals surface area (Å²) < 4.78 is 64.0. The minimum absolute atomic E-state index is 0.0534. The lowest BCUT2D eigenvalue weighted by molar-refractivity contribution is -0.0581. The predicted octanol–water partition coefficient (Wildman–Crippen LogP) is -0.270. The van der Waals surface area contributed by atoms with E-state index in [9.17, 15) is 28.6 Å². The van der Waals surface area contributed by atoms with Gasteiger partial charge in [0.1, 0.15) is 18.3 Å². The van der Waals surface area contributed by atoms with E-state index < -0.39 is 85.4 Å². The molecule has 45 heavy (non-hydrogen) atoms. The molecule has 9 atom stereocenters. The number of nitrogens with zero attached hydrogens (tertiary/aromatic N) is 3. The number of phosphoric ester groups is 1. The zero-order valence-corrected chi connectivity index (χ0v) is 26.3. The van der Waals surface area contributed by atoms with Gasteiger partial charge in [-0.15, -0.1) is 0 Å². The molecule has 0 spiro atoms. The zero-order valence-electron chi connectivity index (χ0n) is 25.4. The second-order valence-corrected chi connectivity index (χ2v) is 12.5. The molecule has 2 aromatic rings. The summed E-state index contributed by atoms with van der Waals surface area (Å²) in [6.07, 6.45) is -6.02. The van der Waals surface area contributed by atoms with Gasteiger partial charge in [-0.3, -0.25) is 37.7 Å². The van der Waals surface area contributed by atoms with Gasteiger partial charge in [-0.2, -0.15) is 0 Å². The number of methoxy groups -OCH3 is 2. The van der Waals surface area contributed by atoms with Crippen molar-refractivity contribution in [3.8, 4) is 0 Å². The van der Waals surface area contributed by atoms with Crippen molar-refractivity contribution < 1.29 is 41.8 Å². The van der Waals surface area contributed by atoms with Crippen LogP contribution in [0.15, 0.2) is 43.7 Å². The summed E-state index contributed by atoms with van der Waals surface area (Å²) >= 11 is 0. The average Bonchev–Trinajstić information content (AvgIpc) is 3.42. The van der Waals surface area contributed by atoms with Crippen molar-refractivity contribution in [2.75, 3.05) is 41.0 Å². The Hall–Kier alpha value is -2.80. The molecule has 2 aliphatic heterocycles. The smallest absolute Gasteiger partial charge is 0.382 e. The highest BCUT2D eigenvalue weighted by atomic mass is 31.2. The Labute approximate surface area is 256 Å². The highest BCUT2D eigenvalue weighted by Gasteiger charge is 2.51. The molecule has 3 N–H and O–H groups in total. The molecule has 252 valence electrons. The second-order valence-electron chi connectivity index (χ2n) is 11.2. The lowest BCUT2D eigenvalue weighted by Crippen LogP contribution is -2.42. The molecular formula is C26H39FN5O12P. The van der Waals surface area contributed by atoms with Crippen LogP contribution in [0.2, 0.25) is 0 Å². The number of halogens is 1. The standard InChI is InChI=1S/C26H39FN5O12P/c1-14(2)43-45(37,38)44-21-16(41-24(22(21)40-5)32-11-8-19(34)29-26(32)36)12-30(3)9-6-15-17(13-39-4)42-23(20(15)27)31-10-7-18(33)28-25(31)35/h7-8,10-11,14-17,20-24H,6,9,12-13H2,1-5H3,(H,37,38)(H,28,33,35)(H,29,34,36)/t15-,16-,17-,20-,21-,22-,23-,24-/m1/s1. The SMILES string of the molecule is COC[C@H]1O[C@@H](n2ccc(=O)[nH]c2=O)[C@H](F)[C@@H]1CCN(C)C[C@H]1O[C@@H](n2ccc(=O)[nH]c2=O)[C@H](OC)[C@@H]1OP(=O)(O)OC(C)C. The first-order valence-electron chi connectivity index (χ1n) is 14.2. The summed E-state index contributed by atoms with van der Waals surface area (Å²) in [7, 11) is -0.156. The Morgan fingerprint density at radius 2 is 1.58 bits per heavy atom. The first kappa shape index (κ1) is 35.1. The van der Waals surface area contributed by atoms with Gasteiger partial charge in [0.15, 0.2) is 18.6 Å². The van der Waals surface area contributed by atoms with Crippen molar-refractivity contribution in [3.05, 3.63) is 66.2 Å². The summed E-state index contributed by atoms with van der Waals surface area (Å²) in [6, 6.07) is 2.22. The first-order valence-corrected chi connectivity index (χ1v) is 15.7. The number of H-pyrrole nitrogens is 2. The van der Waals surface area contributed by atoms with Crippen molar-refractivity contribution in [2.24, 2.45) is 5.92 Å². The molecule has 0 aromatic carbocycles. The Kier molecular flexibility index (Phi) is 11.5. The molecule has 2 aromatic heterocycles. The number of aromatic amines is 2. The van der Waals surface area contributed by atoms with Gasteiger partial charge in [0.2, 0.25) is 0 Å². The van der Waals surface area contributed by atoms with E-state index in [4.69, 9.17) is 28.0 Å². The van der Waals surface area contributed by atoms with Gasteiger partial charge in [-0.1, -0.05) is 0 Å². The molecule has 4 rings (SSSR count). The molecule has 0 bridgehead atoms. The Balaban J connectivity index is 1.52. The van der Waals surface area contributed by atoms with E-state index in [2.05, 4.69) is 9.97 Å². The van der Waals surface area contributed by atoms with Gasteiger partial charge in [0, 0.05) is 51.2 Å². The minimum Gasteiger partial charge on any atom is -0.382 e.